The molecular formula is C21H18O3. The van der Waals surface area contributed by atoms with E-state index in [4.69, 9.17) is 4.74 Å². The zero-order valence-electron chi connectivity index (χ0n) is 13.4. The Morgan fingerprint density at radius 2 is 1.54 bits per heavy atom. The molecule has 0 radical (unpaired) electrons. The van der Waals surface area contributed by atoms with Gasteiger partial charge in [0.05, 0.1) is 6.61 Å². The van der Waals surface area contributed by atoms with Gasteiger partial charge in [-0.1, -0.05) is 72.8 Å². The molecule has 0 aromatic heterocycles. The monoisotopic (exact) mass is 318 g/mol. The second kappa shape index (κ2) is 7.09. The Kier molecular flexibility index (Phi) is 4.71. The van der Waals surface area contributed by atoms with E-state index in [9.17, 15) is 9.59 Å². The Hall–Kier alpha value is -2.94. The summed E-state index contributed by atoms with van der Waals surface area (Å²) in [5.41, 5.74) is 1.18. The lowest BCUT2D eigenvalue weighted by Crippen LogP contribution is -2.24. The molecule has 0 N–H and O–H groups in total. The third kappa shape index (κ3) is 3.06. The fourth-order valence-corrected chi connectivity index (χ4v) is 2.87. The summed E-state index contributed by atoms with van der Waals surface area (Å²) < 4.78 is 5.19. The summed E-state index contributed by atoms with van der Waals surface area (Å²) in [7, 11) is 0. The molecule has 3 aromatic carbocycles. The first-order chi connectivity index (χ1) is 11.7. The highest BCUT2D eigenvalue weighted by Crippen LogP contribution is 2.29. The number of ketones is 1. The lowest BCUT2D eigenvalue weighted by Gasteiger charge is -2.17. The molecule has 0 fully saturated rings. The van der Waals surface area contributed by atoms with Gasteiger partial charge < -0.3 is 4.74 Å². The van der Waals surface area contributed by atoms with E-state index in [0.29, 0.717) is 11.1 Å². The minimum Gasteiger partial charge on any atom is -0.465 e. The topological polar surface area (TPSA) is 43.4 Å². The first-order valence-electron chi connectivity index (χ1n) is 7.96. The van der Waals surface area contributed by atoms with Gasteiger partial charge in [-0.15, -0.1) is 0 Å². The van der Waals surface area contributed by atoms with Crippen molar-refractivity contribution in [3.63, 3.8) is 0 Å². The highest BCUT2D eigenvalue weighted by atomic mass is 16.5. The van der Waals surface area contributed by atoms with E-state index >= 15 is 0 Å². The first-order valence-corrected chi connectivity index (χ1v) is 7.96. The molecule has 1 atom stereocenters. The van der Waals surface area contributed by atoms with Gasteiger partial charge in [0.1, 0.15) is 5.92 Å². The van der Waals surface area contributed by atoms with Crippen molar-refractivity contribution in [2.45, 2.75) is 12.8 Å². The summed E-state index contributed by atoms with van der Waals surface area (Å²) in [6.45, 7) is 1.98. The molecule has 0 heterocycles. The molecule has 1 unspecified atom stereocenters. The van der Waals surface area contributed by atoms with Gasteiger partial charge in [-0.25, -0.2) is 0 Å². The Bertz CT molecular complexity index is 863. The SMILES string of the molecule is CCOC(=O)C(C(=O)c1ccccc1)c1cccc2ccccc12. The lowest BCUT2D eigenvalue weighted by atomic mass is 9.87. The van der Waals surface area contributed by atoms with Crippen LogP contribution in [0.4, 0.5) is 0 Å². The number of hydrogen-bond acceptors (Lipinski definition) is 3. The molecule has 0 spiro atoms. The summed E-state index contributed by atoms with van der Waals surface area (Å²) in [5, 5.41) is 1.88. The Balaban J connectivity index is 2.14. The Morgan fingerprint density at radius 1 is 0.875 bits per heavy atom. The van der Waals surface area contributed by atoms with Gasteiger partial charge in [0.15, 0.2) is 5.78 Å². The van der Waals surface area contributed by atoms with Crippen molar-refractivity contribution in [3.05, 3.63) is 83.9 Å². The third-order valence-electron chi connectivity index (χ3n) is 3.98. The molecule has 0 bridgehead atoms. The number of rotatable bonds is 5. The molecule has 0 aliphatic heterocycles. The second-order valence-electron chi connectivity index (χ2n) is 5.48. The summed E-state index contributed by atoms with van der Waals surface area (Å²) in [5.74, 6) is -1.72. The molecule has 0 saturated heterocycles. The minimum absolute atomic E-state index is 0.238. The predicted octanol–water partition coefficient (Wildman–Crippen LogP) is 4.37. The first kappa shape index (κ1) is 15.9. The standard InChI is InChI=1S/C21H18O3/c1-2-24-21(23)19(20(22)16-10-4-3-5-11-16)18-14-8-12-15-9-6-7-13-17(15)18/h3-14,19H,2H2,1H3. The van der Waals surface area contributed by atoms with E-state index in [0.717, 1.165) is 10.8 Å². The molecule has 0 aliphatic rings. The van der Waals surface area contributed by atoms with Crippen LogP contribution in [0.5, 0.6) is 0 Å². The summed E-state index contributed by atoms with van der Waals surface area (Å²) in [4.78, 5) is 25.6. The van der Waals surface area contributed by atoms with Crippen LogP contribution < -0.4 is 0 Å². The average molecular weight is 318 g/mol. The largest absolute Gasteiger partial charge is 0.465 e. The number of benzene rings is 3. The second-order valence-corrected chi connectivity index (χ2v) is 5.48. The van der Waals surface area contributed by atoms with Crippen molar-refractivity contribution in [2.75, 3.05) is 6.61 Å². The molecule has 0 aliphatic carbocycles. The van der Waals surface area contributed by atoms with Crippen LogP contribution in [0, 0.1) is 0 Å². The molecule has 3 rings (SSSR count). The molecule has 3 nitrogen and oxygen atoms in total. The zero-order valence-corrected chi connectivity index (χ0v) is 13.4. The summed E-state index contributed by atoms with van der Waals surface area (Å²) >= 11 is 0. The van der Waals surface area contributed by atoms with Crippen LogP contribution in [-0.4, -0.2) is 18.4 Å². The average Bonchev–Trinajstić information content (AvgIpc) is 2.63. The maximum absolute atomic E-state index is 13.0. The van der Waals surface area contributed by atoms with Crippen LogP contribution in [0.25, 0.3) is 10.8 Å². The van der Waals surface area contributed by atoms with Crippen LogP contribution in [0.3, 0.4) is 0 Å². The molecule has 120 valence electrons. The van der Waals surface area contributed by atoms with Crippen molar-refractivity contribution in [2.24, 2.45) is 0 Å². The number of Topliss-reactive ketones (excluding diaryl/α,β-unsaturated/α-hetero) is 1. The molecule has 3 aromatic rings. The Labute approximate surface area is 140 Å². The summed E-state index contributed by atoms with van der Waals surface area (Å²) in [6.07, 6.45) is 0. The number of esters is 1. The van der Waals surface area contributed by atoms with Crippen LogP contribution in [-0.2, 0) is 9.53 Å². The normalized spacial score (nSPS) is 11.9. The number of hydrogen-bond donors (Lipinski definition) is 0. The smallest absolute Gasteiger partial charge is 0.321 e. The zero-order chi connectivity index (χ0) is 16.9. The van der Waals surface area contributed by atoms with Gasteiger partial charge >= 0.3 is 5.97 Å². The lowest BCUT2D eigenvalue weighted by molar-refractivity contribution is -0.143. The molecule has 3 heteroatoms. The van der Waals surface area contributed by atoms with E-state index < -0.39 is 11.9 Å². The van der Waals surface area contributed by atoms with Gasteiger partial charge in [-0.2, -0.15) is 0 Å². The Morgan fingerprint density at radius 3 is 2.29 bits per heavy atom. The van der Waals surface area contributed by atoms with E-state index in [1.807, 2.05) is 48.5 Å². The van der Waals surface area contributed by atoms with Crippen molar-refractivity contribution < 1.29 is 14.3 Å². The molecular weight excluding hydrogens is 300 g/mol. The maximum atomic E-state index is 13.0. The van der Waals surface area contributed by atoms with E-state index in [1.54, 1.807) is 31.2 Å². The molecule has 0 saturated carbocycles. The van der Waals surface area contributed by atoms with Crippen molar-refractivity contribution in [3.8, 4) is 0 Å². The van der Waals surface area contributed by atoms with Crippen molar-refractivity contribution in [1.82, 2.24) is 0 Å². The van der Waals surface area contributed by atoms with Crippen LogP contribution in [0.2, 0.25) is 0 Å². The predicted molar refractivity (Wildman–Crippen MR) is 94.1 cm³/mol. The fourth-order valence-electron chi connectivity index (χ4n) is 2.87. The number of carbonyl (C=O) groups excluding carboxylic acids is 2. The minimum atomic E-state index is -0.960. The third-order valence-corrected chi connectivity index (χ3v) is 3.98. The number of carbonyl (C=O) groups is 2. The van der Waals surface area contributed by atoms with Gasteiger partial charge in [-0.3, -0.25) is 9.59 Å². The van der Waals surface area contributed by atoms with Crippen LogP contribution in [0.1, 0.15) is 28.8 Å². The van der Waals surface area contributed by atoms with E-state index in [2.05, 4.69) is 0 Å². The maximum Gasteiger partial charge on any atom is 0.321 e. The highest BCUT2D eigenvalue weighted by Gasteiger charge is 2.31. The van der Waals surface area contributed by atoms with Gasteiger partial charge in [0, 0.05) is 5.56 Å². The quantitative estimate of drug-likeness (QED) is 0.398. The van der Waals surface area contributed by atoms with Crippen molar-refractivity contribution in [1.29, 1.82) is 0 Å². The van der Waals surface area contributed by atoms with Gasteiger partial charge in [0.25, 0.3) is 0 Å². The van der Waals surface area contributed by atoms with Gasteiger partial charge in [0.2, 0.25) is 0 Å². The van der Waals surface area contributed by atoms with Crippen molar-refractivity contribution >= 4 is 22.5 Å². The van der Waals surface area contributed by atoms with E-state index in [1.165, 1.54) is 0 Å². The summed E-state index contributed by atoms with van der Waals surface area (Å²) in [6, 6.07) is 22.3. The molecule has 24 heavy (non-hydrogen) atoms. The number of fused-ring (bicyclic) bond motifs is 1. The number of ether oxygens (including phenoxy) is 1. The fraction of sp³-hybridized carbons (Fsp3) is 0.143. The van der Waals surface area contributed by atoms with Gasteiger partial charge in [-0.05, 0) is 23.3 Å². The molecule has 0 amide bonds. The van der Waals surface area contributed by atoms with Crippen LogP contribution in [0.15, 0.2) is 72.8 Å². The highest BCUT2D eigenvalue weighted by molar-refractivity contribution is 6.14. The van der Waals surface area contributed by atoms with Crippen LogP contribution >= 0.6 is 0 Å². The van der Waals surface area contributed by atoms with E-state index in [-0.39, 0.29) is 12.4 Å².